The lowest BCUT2D eigenvalue weighted by Crippen LogP contribution is -1.63. The van der Waals surface area contributed by atoms with Gasteiger partial charge in [0.25, 0.3) is 0 Å². The highest BCUT2D eigenvalue weighted by atomic mass is 14.3. The van der Waals surface area contributed by atoms with E-state index in [1.165, 1.54) is 5.56 Å². The van der Waals surface area contributed by atoms with Gasteiger partial charge >= 0.3 is 0 Å². The third-order valence-electron chi connectivity index (χ3n) is 1.19. The van der Waals surface area contributed by atoms with Crippen molar-refractivity contribution in [3.05, 3.63) is 42.5 Å². The predicted octanol–water partition coefficient (Wildman–Crippen LogP) is 2.75. The normalized spacial score (nSPS) is 6.92. The monoisotopic (exact) mass is 170 g/mol. The average Bonchev–Trinajstić information content (AvgIpc) is 2.21. The van der Waals surface area contributed by atoms with E-state index in [0.717, 1.165) is 0 Å². The molecule has 64 valence electrons. The summed E-state index contributed by atoms with van der Waals surface area (Å²) in [6, 6.07) is 13.3. The van der Waals surface area contributed by atoms with Crippen molar-refractivity contribution in [2.24, 2.45) is 0 Å². The average molecular weight is 170 g/mol. The van der Waals surface area contributed by atoms with Crippen molar-refractivity contribution in [1.82, 2.24) is 0 Å². The number of benzene rings is 1. The first-order chi connectivity index (χ1) is 6.35. The van der Waals surface area contributed by atoms with Crippen LogP contribution in [0, 0.1) is 22.7 Å². The second-order valence-electron chi connectivity index (χ2n) is 2.11. The van der Waals surface area contributed by atoms with E-state index >= 15 is 0 Å². The molecule has 2 heteroatoms. The first-order valence-electron chi connectivity index (χ1n) is 3.76. The van der Waals surface area contributed by atoms with E-state index < -0.39 is 0 Å². The van der Waals surface area contributed by atoms with E-state index in [4.69, 9.17) is 10.5 Å². The number of rotatable bonds is 1. The van der Waals surface area contributed by atoms with Crippen molar-refractivity contribution in [3.63, 3.8) is 0 Å². The summed E-state index contributed by atoms with van der Waals surface area (Å²) in [7, 11) is 0. The van der Waals surface area contributed by atoms with Crippen LogP contribution in [-0.4, -0.2) is 0 Å². The summed E-state index contributed by atoms with van der Waals surface area (Å²) in [5.74, 6) is 0. The Morgan fingerprint density at radius 2 is 1.69 bits per heavy atom. The van der Waals surface area contributed by atoms with Crippen molar-refractivity contribution in [1.29, 1.82) is 10.5 Å². The fourth-order valence-corrected chi connectivity index (χ4v) is 0.624. The van der Waals surface area contributed by atoms with Crippen LogP contribution < -0.4 is 0 Å². The van der Waals surface area contributed by atoms with Crippen molar-refractivity contribution in [2.75, 3.05) is 0 Å². The fraction of sp³-hybridized carbons (Fsp3) is 0.0909. The molecule has 0 saturated heterocycles. The van der Waals surface area contributed by atoms with E-state index in [0.29, 0.717) is 0 Å². The third kappa shape index (κ3) is 6.34. The van der Waals surface area contributed by atoms with Gasteiger partial charge in [0, 0.05) is 0 Å². The summed E-state index contributed by atoms with van der Waals surface area (Å²) >= 11 is 0. The molecule has 0 aliphatic rings. The van der Waals surface area contributed by atoms with Crippen LogP contribution in [0.15, 0.2) is 36.9 Å². The molecular formula is C11H10N2. The van der Waals surface area contributed by atoms with E-state index in [2.05, 4.69) is 6.58 Å². The molecule has 0 unspecified atom stereocenters. The highest BCUT2D eigenvalue weighted by Crippen LogP contribution is 1.97. The van der Waals surface area contributed by atoms with E-state index in [1.807, 2.05) is 36.4 Å². The minimum atomic E-state index is 0. The lowest BCUT2D eigenvalue weighted by molar-refractivity contribution is 1.33. The molecule has 0 aromatic heterocycles. The van der Waals surface area contributed by atoms with Crippen LogP contribution in [0.5, 0.6) is 0 Å². The predicted molar refractivity (Wildman–Crippen MR) is 52.4 cm³/mol. The zero-order valence-electron chi connectivity index (χ0n) is 7.27. The molecule has 0 aliphatic carbocycles. The van der Waals surface area contributed by atoms with Gasteiger partial charge in [-0.1, -0.05) is 43.0 Å². The molecule has 1 aromatic rings. The van der Waals surface area contributed by atoms with E-state index in [-0.39, 0.29) is 6.42 Å². The highest BCUT2D eigenvalue weighted by molar-refractivity contribution is 5.45. The number of hydrogen-bond donors (Lipinski definition) is 0. The van der Waals surface area contributed by atoms with Gasteiger partial charge in [0.1, 0.15) is 6.42 Å². The van der Waals surface area contributed by atoms with Gasteiger partial charge < -0.3 is 0 Å². The summed E-state index contributed by atoms with van der Waals surface area (Å²) < 4.78 is 0. The molecule has 1 rings (SSSR count). The molecule has 0 saturated carbocycles. The number of nitriles is 2. The van der Waals surface area contributed by atoms with Gasteiger partial charge in [-0.05, 0) is 5.56 Å². The standard InChI is InChI=1S/C8H8.C3H2N2/c1-2-8-6-4-3-5-7-8;4-2-1-3-5/h2-7H,1H2;1H2. The molecule has 2 nitrogen and oxygen atoms in total. The zero-order valence-corrected chi connectivity index (χ0v) is 7.27. The Labute approximate surface area is 78.4 Å². The quantitative estimate of drug-likeness (QED) is 0.650. The second kappa shape index (κ2) is 8.04. The van der Waals surface area contributed by atoms with Gasteiger partial charge in [-0.15, -0.1) is 0 Å². The lowest BCUT2D eigenvalue weighted by Gasteiger charge is -1.85. The second-order valence-corrected chi connectivity index (χ2v) is 2.11. The maximum Gasteiger partial charge on any atom is 0.122 e. The van der Waals surface area contributed by atoms with Gasteiger partial charge in [0.15, 0.2) is 0 Å². The maximum absolute atomic E-state index is 7.59. The van der Waals surface area contributed by atoms with Gasteiger partial charge in [-0.2, -0.15) is 10.5 Å². The van der Waals surface area contributed by atoms with Crippen LogP contribution in [0.3, 0.4) is 0 Å². The van der Waals surface area contributed by atoms with Gasteiger partial charge in [-0.25, -0.2) is 0 Å². The smallest absolute Gasteiger partial charge is 0.122 e. The zero-order chi connectivity index (χ0) is 9.94. The first-order valence-corrected chi connectivity index (χ1v) is 3.76. The first kappa shape index (κ1) is 10.9. The summed E-state index contributed by atoms with van der Waals surface area (Å²) in [5.41, 5.74) is 1.17. The summed E-state index contributed by atoms with van der Waals surface area (Å²) in [6.45, 7) is 3.63. The molecular weight excluding hydrogens is 160 g/mol. The molecule has 0 spiro atoms. The van der Waals surface area contributed by atoms with Crippen molar-refractivity contribution >= 4 is 6.08 Å². The van der Waals surface area contributed by atoms with E-state index in [1.54, 1.807) is 12.1 Å². The lowest BCUT2D eigenvalue weighted by atomic mass is 10.2. The van der Waals surface area contributed by atoms with Crippen molar-refractivity contribution in [2.45, 2.75) is 6.42 Å². The Morgan fingerprint density at radius 3 is 1.92 bits per heavy atom. The van der Waals surface area contributed by atoms with Crippen LogP contribution in [-0.2, 0) is 0 Å². The number of nitrogens with zero attached hydrogens (tertiary/aromatic N) is 2. The molecule has 0 bridgehead atoms. The molecule has 13 heavy (non-hydrogen) atoms. The molecule has 0 radical (unpaired) electrons. The van der Waals surface area contributed by atoms with Gasteiger partial charge in [-0.3, -0.25) is 0 Å². The van der Waals surface area contributed by atoms with Crippen molar-refractivity contribution in [3.8, 4) is 12.1 Å². The largest absolute Gasteiger partial charge is 0.197 e. The Kier molecular flexibility index (Phi) is 6.77. The molecule has 0 amide bonds. The molecule has 0 fully saturated rings. The van der Waals surface area contributed by atoms with Crippen molar-refractivity contribution < 1.29 is 0 Å². The molecule has 0 aliphatic heterocycles. The van der Waals surface area contributed by atoms with Crippen LogP contribution in [0.4, 0.5) is 0 Å². The minimum Gasteiger partial charge on any atom is -0.197 e. The maximum atomic E-state index is 7.59. The molecule has 0 heterocycles. The number of hydrogen-bond acceptors (Lipinski definition) is 2. The van der Waals surface area contributed by atoms with Crippen LogP contribution in [0.25, 0.3) is 6.08 Å². The topological polar surface area (TPSA) is 47.6 Å². The van der Waals surface area contributed by atoms with Crippen LogP contribution in [0.1, 0.15) is 12.0 Å². The summed E-state index contributed by atoms with van der Waals surface area (Å²) in [5, 5.41) is 15.2. The Balaban J connectivity index is 0.000000252. The van der Waals surface area contributed by atoms with Crippen LogP contribution in [0.2, 0.25) is 0 Å². The molecule has 1 aromatic carbocycles. The molecule has 0 N–H and O–H groups in total. The summed E-state index contributed by atoms with van der Waals surface area (Å²) in [6.07, 6.45) is 1.83. The Bertz CT molecular complexity index is 302. The fourth-order valence-electron chi connectivity index (χ4n) is 0.624. The SMILES string of the molecule is C=Cc1ccccc1.N#CCC#N. The van der Waals surface area contributed by atoms with Gasteiger partial charge in [0.2, 0.25) is 0 Å². The Morgan fingerprint density at radius 1 is 1.15 bits per heavy atom. The summed E-state index contributed by atoms with van der Waals surface area (Å²) in [4.78, 5) is 0. The highest BCUT2D eigenvalue weighted by Gasteiger charge is 1.75. The molecule has 0 atom stereocenters. The van der Waals surface area contributed by atoms with Crippen LogP contribution >= 0.6 is 0 Å². The Hall–Kier alpha value is -2.06. The van der Waals surface area contributed by atoms with Gasteiger partial charge in [0.05, 0.1) is 12.1 Å². The minimum absolute atomic E-state index is 0. The van der Waals surface area contributed by atoms with E-state index in [9.17, 15) is 0 Å². The third-order valence-corrected chi connectivity index (χ3v) is 1.19.